The molecule has 20 heavy (non-hydrogen) atoms. The van der Waals surface area contributed by atoms with Crippen molar-refractivity contribution in [1.82, 2.24) is 4.90 Å². The summed E-state index contributed by atoms with van der Waals surface area (Å²) in [7, 11) is 4.10. The lowest BCUT2D eigenvalue weighted by Gasteiger charge is -2.43. The lowest BCUT2D eigenvalue weighted by molar-refractivity contribution is -0.0198. The smallest absolute Gasteiger partial charge is 0.0988 e. The molecule has 0 aromatic heterocycles. The zero-order valence-corrected chi connectivity index (χ0v) is 13.7. The first-order chi connectivity index (χ1) is 9.49. The van der Waals surface area contributed by atoms with E-state index in [0.717, 1.165) is 31.2 Å². The number of aliphatic hydroxyl groups excluding tert-OH is 1. The number of aliphatic hydroxyl groups is 1. The van der Waals surface area contributed by atoms with Crippen molar-refractivity contribution in [1.29, 1.82) is 0 Å². The van der Waals surface area contributed by atoms with Crippen molar-refractivity contribution in [3.63, 3.8) is 0 Å². The van der Waals surface area contributed by atoms with Crippen LogP contribution in [-0.2, 0) is 0 Å². The Hall–Kier alpha value is -0.280. The zero-order valence-electron chi connectivity index (χ0n) is 12.2. The minimum atomic E-state index is -0.609. The Bertz CT molecular complexity index is 454. The van der Waals surface area contributed by atoms with Gasteiger partial charge in [-0.15, -0.1) is 0 Å². The van der Waals surface area contributed by atoms with E-state index in [1.807, 2.05) is 26.2 Å². The Balaban J connectivity index is 2.40. The Morgan fingerprint density at radius 2 is 1.70 bits per heavy atom. The molecule has 1 fully saturated rings. The predicted molar refractivity (Wildman–Crippen MR) is 85.5 cm³/mol. The van der Waals surface area contributed by atoms with Crippen LogP contribution in [0.2, 0.25) is 10.0 Å². The summed E-state index contributed by atoms with van der Waals surface area (Å²) in [6, 6.07) is 5.50. The Morgan fingerprint density at radius 3 is 2.25 bits per heavy atom. The first-order valence-corrected chi connectivity index (χ1v) is 8.04. The van der Waals surface area contributed by atoms with Crippen LogP contribution in [0.5, 0.6) is 0 Å². The van der Waals surface area contributed by atoms with Crippen LogP contribution >= 0.6 is 23.2 Å². The molecule has 0 aliphatic heterocycles. The second-order valence-corrected chi connectivity index (χ2v) is 6.74. The zero-order chi connectivity index (χ0) is 14.8. The van der Waals surface area contributed by atoms with E-state index in [2.05, 4.69) is 4.90 Å². The highest BCUT2D eigenvalue weighted by Gasteiger charge is 2.41. The van der Waals surface area contributed by atoms with E-state index >= 15 is 0 Å². The van der Waals surface area contributed by atoms with Gasteiger partial charge in [0.25, 0.3) is 0 Å². The number of hydrogen-bond donors (Lipinski definition) is 1. The largest absolute Gasteiger partial charge is 0.386 e. The summed E-state index contributed by atoms with van der Waals surface area (Å²) in [5, 5.41) is 12.0. The lowest BCUT2D eigenvalue weighted by atomic mass is 9.80. The molecular weight excluding hydrogens is 293 g/mol. The minimum Gasteiger partial charge on any atom is -0.386 e. The van der Waals surface area contributed by atoms with Crippen LogP contribution in [-0.4, -0.2) is 29.6 Å². The Kier molecular flexibility index (Phi) is 5.36. The molecule has 1 saturated carbocycles. The third-order valence-corrected chi connectivity index (χ3v) is 5.48. The van der Waals surface area contributed by atoms with E-state index < -0.39 is 6.10 Å². The second kappa shape index (κ2) is 6.65. The van der Waals surface area contributed by atoms with Gasteiger partial charge in [-0.2, -0.15) is 0 Å². The summed E-state index contributed by atoms with van der Waals surface area (Å²) in [4.78, 5) is 2.17. The van der Waals surface area contributed by atoms with Crippen LogP contribution in [0.1, 0.15) is 50.2 Å². The third kappa shape index (κ3) is 2.99. The highest BCUT2D eigenvalue weighted by molar-refractivity contribution is 6.42. The molecule has 1 N–H and O–H groups in total. The Morgan fingerprint density at radius 1 is 1.10 bits per heavy atom. The fourth-order valence-corrected chi connectivity index (χ4v) is 3.74. The molecule has 112 valence electrons. The molecule has 2 nitrogen and oxygen atoms in total. The van der Waals surface area contributed by atoms with E-state index in [0.29, 0.717) is 10.0 Å². The third-order valence-electron chi connectivity index (χ3n) is 4.65. The average molecular weight is 316 g/mol. The number of benzene rings is 1. The summed E-state index contributed by atoms with van der Waals surface area (Å²) in [5.74, 6) is 0. The number of nitrogens with zero attached hydrogens (tertiary/aromatic N) is 1. The van der Waals surface area contributed by atoms with Crippen LogP contribution < -0.4 is 0 Å². The SMILES string of the molecule is CN(C)C1(C(O)c2cccc(Cl)c2Cl)CCCCCC1. The molecular formula is C16H23Cl2NO. The van der Waals surface area contributed by atoms with Crippen molar-refractivity contribution in [2.75, 3.05) is 14.1 Å². The monoisotopic (exact) mass is 315 g/mol. The van der Waals surface area contributed by atoms with Gasteiger partial charge in [0.2, 0.25) is 0 Å². The van der Waals surface area contributed by atoms with Crippen molar-refractivity contribution < 1.29 is 5.11 Å². The normalized spacial score (nSPS) is 20.7. The van der Waals surface area contributed by atoms with Crippen molar-refractivity contribution in [3.05, 3.63) is 33.8 Å². The summed E-state index contributed by atoms with van der Waals surface area (Å²) in [6.07, 6.45) is 6.15. The highest BCUT2D eigenvalue weighted by Crippen LogP contribution is 2.43. The van der Waals surface area contributed by atoms with Gasteiger partial charge in [-0.25, -0.2) is 0 Å². The van der Waals surface area contributed by atoms with Gasteiger partial charge >= 0.3 is 0 Å². The van der Waals surface area contributed by atoms with Gasteiger partial charge in [0, 0.05) is 5.56 Å². The van der Waals surface area contributed by atoms with E-state index in [-0.39, 0.29) is 5.54 Å². The highest BCUT2D eigenvalue weighted by atomic mass is 35.5. The molecule has 0 bridgehead atoms. The van der Waals surface area contributed by atoms with Gasteiger partial charge in [-0.3, -0.25) is 0 Å². The van der Waals surface area contributed by atoms with Gasteiger partial charge in [0.05, 0.1) is 21.7 Å². The first kappa shape index (κ1) is 16.1. The van der Waals surface area contributed by atoms with E-state index in [9.17, 15) is 5.11 Å². The van der Waals surface area contributed by atoms with Gasteiger partial charge in [0.1, 0.15) is 0 Å². The van der Waals surface area contributed by atoms with Crippen LogP contribution in [0.3, 0.4) is 0 Å². The summed E-state index contributed by atoms with van der Waals surface area (Å²) >= 11 is 12.4. The van der Waals surface area contributed by atoms with Crippen molar-refractivity contribution in [2.24, 2.45) is 0 Å². The maximum Gasteiger partial charge on any atom is 0.0988 e. The number of hydrogen-bond acceptors (Lipinski definition) is 2. The molecule has 0 saturated heterocycles. The van der Waals surface area contributed by atoms with Gasteiger partial charge in [0.15, 0.2) is 0 Å². The number of rotatable bonds is 3. The molecule has 2 rings (SSSR count). The molecule has 0 amide bonds. The van der Waals surface area contributed by atoms with Crippen molar-refractivity contribution >= 4 is 23.2 Å². The molecule has 1 atom stereocenters. The molecule has 1 aliphatic carbocycles. The van der Waals surface area contributed by atoms with Gasteiger partial charge in [-0.05, 0) is 33.0 Å². The number of likely N-dealkylation sites (N-methyl/N-ethyl adjacent to an activating group) is 1. The van der Waals surface area contributed by atoms with Gasteiger partial charge < -0.3 is 10.0 Å². The van der Waals surface area contributed by atoms with Crippen LogP contribution in [0.4, 0.5) is 0 Å². The molecule has 4 heteroatoms. The maximum absolute atomic E-state index is 11.0. The van der Waals surface area contributed by atoms with E-state index in [1.54, 1.807) is 6.07 Å². The molecule has 0 heterocycles. The molecule has 1 aliphatic rings. The Labute approximate surface area is 131 Å². The molecule has 1 aromatic carbocycles. The van der Waals surface area contributed by atoms with Crippen molar-refractivity contribution in [3.8, 4) is 0 Å². The maximum atomic E-state index is 11.0. The molecule has 1 unspecified atom stereocenters. The summed E-state index contributed by atoms with van der Waals surface area (Å²) in [6.45, 7) is 0. The quantitative estimate of drug-likeness (QED) is 0.818. The molecule has 0 spiro atoms. The number of halogens is 2. The summed E-state index contributed by atoms with van der Waals surface area (Å²) in [5.41, 5.74) is 0.500. The average Bonchev–Trinajstić information content (AvgIpc) is 2.68. The van der Waals surface area contributed by atoms with Crippen LogP contribution in [0.15, 0.2) is 18.2 Å². The van der Waals surface area contributed by atoms with Crippen LogP contribution in [0, 0.1) is 0 Å². The van der Waals surface area contributed by atoms with E-state index in [4.69, 9.17) is 23.2 Å². The standard InChI is InChI=1S/C16H23Cl2NO/c1-19(2)16(10-5-3-4-6-11-16)15(20)12-8-7-9-13(17)14(12)18/h7-9,15,20H,3-6,10-11H2,1-2H3. The minimum absolute atomic E-state index is 0.245. The first-order valence-electron chi connectivity index (χ1n) is 7.28. The molecule has 1 aromatic rings. The van der Waals surface area contributed by atoms with Crippen LogP contribution in [0.25, 0.3) is 0 Å². The lowest BCUT2D eigenvalue weighted by Crippen LogP contribution is -2.49. The fraction of sp³-hybridized carbons (Fsp3) is 0.625. The second-order valence-electron chi connectivity index (χ2n) is 5.96. The van der Waals surface area contributed by atoms with Crippen molar-refractivity contribution in [2.45, 2.75) is 50.2 Å². The van der Waals surface area contributed by atoms with Gasteiger partial charge in [-0.1, -0.05) is 61.0 Å². The molecule has 0 radical (unpaired) electrons. The topological polar surface area (TPSA) is 23.5 Å². The predicted octanol–water partition coefficient (Wildman–Crippen LogP) is 4.68. The summed E-state index contributed by atoms with van der Waals surface area (Å²) < 4.78 is 0. The van der Waals surface area contributed by atoms with E-state index in [1.165, 1.54) is 12.8 Å². The fourth-order valence-electron chi connectivity index (χ4n) is 3.33.